The van der Waals surface area contributed by atoms with E-state index in [2.05, 4.69) is 11.9 Å². The molecule has 4 rings (SSSR count). The third-order valence-corrected chi connectivity index (χ3v) is 6.97. The first-order valence-corrected chi connectivity index (χ1v) is 13.0. The summed E-state index contributed by atoms with van der Waals surface area (Å²) in [4.78, 5) is 19.6. The van der Waals surface area contributed by atoms with Crippen molar-refractivity contribution >= 4 is 42.1 Å². The van der Waals surface area contributed by atoms with E-state index in [0.29, 0.717) is 11.1 Å². The van der Waals surface area contributed by atoms with Crippen molar-refractivity contribution in [2.45, 2.75) is 38.5 Å². The summed E-state index contributed by atoms with van der Waals surface area (Å²) in [6.45, 7) is 2.28. The normalized spacial score (nSPS) is 12.1. The van der Waals surface area contributed by atoms with Crippen LogP contribution in [0.1, 0.15) is 34.0 Å². The molecule has 39 heavy (non-hydrogen) atoms. The number of nitrogens with two attached hydrogens (primary N) is 1. The van der Waals surface area contributed by atoms with Crippen molar-refractivity contribution in [3.8, 4) is 10.6 Å². The third-order valence-electron chi connectivity index (χ3n) is 6.14. The molecular weight excluding hydrogens is 563 g/mol. The van der Waals surface area contributed by atoms with Crippen molar-refractivity contribution in [3.05, 3.63) is 112 Å². The fraction of sp³-hybridized carbons (Fsp3) is 0.241. The summed E-state index contributed by atoms with van der Waals surface area (Å²) in [5, 5.41) is 13.6. The van der Waals surface area contributed by atoms with E-state index in [0.717, 1.165) is 34.2 Å². The first kappa shape index (κ1) is 32.3. The molecule has 0 spiro atoms. The number of amides is 1. The number of aliphatic hydroxyl groups is 1. The zero-order valence-electron chi connectivity index (χ0n) is 21.3. The van der Waals surface area contributed by atoms with Gasteiger partial charge in [-0.15, -0.1) is 36.2 Å². The maximum atomic E-state index is 13.7. The summed E-state index contributed by atoms with van der Waals surface area (Å²) in [6, 6.07) is 17.5. The topological polar surface area (TPSA) is 79.5 Å². The van der Waals surface area contributed by atoms with Gasteiger partial charge in [0.05, 0.1) is 6.10 Å². The highest BCUT2D eigenvalue weighted by Gasteiger charge is 2.24. The number of hydrogen-bond donors (Lipinski definition) is 2. The quantitative estimate of drug-likeness (QED) is 0.234. The molecule has 4 aromatic rings. The van der Waals surface area contributed by atoms with Crippen LogP contribution in [0.4, 0.5) is 8.78 Å². The van der Waals surface area contributed by atoms with Gasteiger partial charge in [0.2, 0.25) is 0 Å². The largest absolute Gasteiger partial charge is 0.390 e. The SMILES string of the molecule is CCc1cccc(CN(C[C@@H](O)[C@@H](N)Cc2cc(F)cc(F)c2)C(=O)c2cccc(-c3nccs3)c2)c1.Cl.Cl. The molecule has 0 radical (unpaired) electrons. The van der Waals surface area contributed by atoms with E-state index in [1.807, 2.05) is 35.7 Å². The van der Waals surface area contributed by atoms with Crippen LogP contribution >= 0.6 is 36.2 Å². The monoisotopic (exact) mass is 593 g/mol. The number of carbonyl (C=O) groups excluding carboxylic acids is 1. The number of aryl methyl sites for hydroxylation is 1. The Kier molecular flexibility index (Phi) is 12.5. The lowest BCUT2D eigenvalue weighted by molar-refractivity contribution is 0.0554. The molecule has 3 aromatic carbocycles. The van der Waals surface area contributed by atoms with Gasteiger partial charge in [-0.05, 0) is 53.8 Å². The van der Waals surface area contributed by atoms with Crippen LogP contribution in [0.25, 0.3) is 10.6 Å². The van der Waals surface area contributed by atoms with Crippen molar-refractivity contribution in [1.82, 2.24) is 9.88 Å². The molecule has 0 unspecified atom stereocenters. The van der Waals surface area contributed by atoms with E-state index in [-0.39, 0.29) is 50.2 Å². The van der Waals surface area contributed by atoms with Crippen molar-refractivity contribution in [2.75, 3.05) is 6.54 Å². The molecule has 1 heterocycles. The van der Waals surface area contributed by atoms with Crippen molar-refractivity contribution in [2.24, 2.45) is 5.73 Å². The summed E-state index contributed by atoms with van der Waals surface area (Å²) in [6.07, 6.45) is 1.51. The highest BCUT2D eigenvalue weighted by Crippen LogP contribution is 2.24. The molecule has 0 bridgehead atoms. The molecule has 0 aliphatic heterocycles. The Morgan fingerprint density at radius 2 is 1.69 bits per heavy atom. The molecular formula is C29H31Cl2F2N3O2S. The van der Waals surface area contributed by atoms with Crippen LogP contribution in [0.5, 0.6) is 0 Å². The van der Waals surface area contributed by atoms with Crippen molar-refractivity contribution in [3.63, 3.8) is 0 Å². The molecule has 5 nitrogen and oxygen atoms in total. The van der Waals surface area contributed by atoms with E-state index in [4.69, 9.17) is 5.73 Å². The summed E-state index contributed by atoms with van der Waals surface area (Å²) in [7, 11) is 0. The van der Waals surface area contributed by atoms with Crippen LogP contribution in [0.2, 0.25) is 0 Å². The Balaban J connectivity index is 0.00000267. The minimum atomic E-state index is -1.12. The number of benzene rings is 3. The van der Waals surface area contributed by atoms with Gasteiger partial charge in [0.1, 0.15) is 16.6 Å². The van der Waals surface area contributed by atoms with Gasteiger partial charge in [0, 0.05) is 47.9 Å². The summed E-state index contributed by atoms with van der Waals surface area (Å²) >= 11 is 1.48. The summed E-state index contributed by atoms with van der Waals surface area (Å²) in [5.74, 6) is -1.67. The molecule has 0 fully saturated rings. The second-order valence-electron chi connectivity index (χ2n) is 8.99. The average Bonchev–Trinajstić information content (AvgIpc) is 3.42. The predicted octanol–water partition coefficient (Wildman–Crippen LogP) is 6.07. The van der Waals surface area contributed by atoms with Gasteiger partial charge < -0.3 is 15.7 Å². The maximum absolute atomic E-state index is 13.7. The lowest BCUT2D eigenvalue weighted by atomic mass is 10.0. The molecule has 0 saturated heterocycles. The minimum Gasteiger partial charge on any atom is -0.390 e. The van der Waals surface area contributed by atoms with Gasteiger partial charge in [-0.1, -0.05) is 43.3 Å². The molecule has 1 aromatic heterocycles. The van der Waals surface area contributed by atoms with E-state index < -0.39 is 23.8 Å². The second-order valence-corrected chi connectivity index (χ2v) is 9.88. The minimum absolute atomic E-state index is 0. The number of hydrogen-bond acceptors (Lipinski definition) is 5. The number of aliphatic hydroxyl groups excluding tert-OH is 1. The van der Waals surface area contributed by atoms with Gasteiger partial charge in [0.15, 0.2) is 0 Å². The maximum Gasteiger partial charge on any atom is 0.254 e. The molecule has 0 aliphatic rings. The first-order chi connectivity index (χ1) is 17.8. The number of thiazole rings is 1. The Hall–Kier alpha value is -2.88. The number of carbonyl (C=O) groups is 1. The van der Waals surface area contributed by atoms with E-state index >= 15 is 0 Å². The lowest BCUT2D eigenvalue weighted by Crippen LogP contribution is -2.46. The third kappa shape index (κ3) is 8.81. The highest BCUT2D eigenvalue weighted by molar-refractivity contribution is 7.13. The van der Waals surface area contributed by atoms with Crippen LogP contribution in [-0.4, -0.2) is 39.6 Å². The van der Waals surface area contributed by atoms with Gasteiger partial charge in [-0.2, -0.15) is 0 Å². The smallest absolute Gasteiger partial charge is 0.254 e. The van der Waals surface area contributed by atoms with Crippen LogP contribution in [0.3, 0.4) is 0 Å². The molecule has 3 N–H and O–H groups in total. The average molecular weight is 595 g/mol. The second kappa shape index (κ2) is 15.1. The fourth-order valence-electron chi connectivity index (χ4n) is 4.22. The molecule has 1 amide bonds. The van der Waals surface area contributed by atoms with E-state index in [1.165, 1.54) is 23.5 Å². The summed E-state index contributed by atoms with van der Waals surface area (Å²) < 4.78 is 27.2. The molecule has 0 aliphatic carbocycles. The first-order valence-electron chi connectivity index (χ1n) is 12.1. The zero-order valence-corrected chi connectivity index (χ0v) is 23.7. The Labute approximate surface area is 243 Å². The Morgan fingerprint density at radius 1 is 1.00 bits per heavy atom. The van der Waals surface area contributed by atoms with Crippen molar-refractivity contribution in [1.29, 1.82) is 0 Å². The number of halogens is 4. The number of aromatic nitrogens is 1. The van der Waals surface area contributed by atoms with E-state index in [1.54, 1.807) is 29.3 Å². The van der Waals surface area contributed by atoms with Gasteiger partial charge in [0.25, 0.3) is 5.91 Å². The molecule has 0 saturated carbocycles. The van der Waals surface area contributed by atoms with E-state index in [9.17, 15) is 18.7 Å². The highest BCUT2D eigenvalue weighted by atomic mass is 35.5. The summed E-state index contributed by atoms with van der Waals surface area (Å²) in [5.41, 5.74) is 9.93. The number of rotatable bonds is 10. The van der Waals surface area contributed by atoms with Gasteiger partial charge in [-0.25, -0.2) is 13.8 Å². The van der Waals surface area contributed by atoms with Crippen molar-refractivity contribution < 1.29 is 18.7 Å². The zero-order chi connectivity index (χ0) is 26.4. The Morgan fingerprint density at radius 3 is 2.36 bits per heavy atom. The molecule has 208 valence electrons. The van der Waals surface area contributed by atoms with Gasteiger partial charge >= 0.3 is 0 Å². The molecule has 2 atom stereocenters. The van der Waals surface area contributed by atoms with Crippen LogP contribution < -0.4 is 5.73 Å². The van der Waals surface area contributed by atoms with Crippen LogP contribution in [0.15, 0.2) is 78.3 Å². The fourth-order valence-corrected chi connectivity index (χ4v) is 4.85. The molecule has 10 heteroatoms. The standard InChI is InChI=1S/C29H29F2N3O2S.2ClH/c1-2-19-5-3-6-20(11-19)17-34(18-27(35)26(32)14-21-12-24(30)16-25(31)13-21)29(36)23-8-4-7-22(15-23)28-33-9-10-37-28;;/h3-13,15-16,26-27,35H,2,14,17-18,32H2,1H3;2*1H/t26-,27+;;/m0../s1. The lowest BCUT2D eigenvalue weighted by Gasteiger charge is -2.28. The predicted molar refractivity (Wildman–Crippen MR) is 157 cm³/mol. The van der Waals surface area contributed by atoms with Gasteiger partial charge in [-0.3, -0.25) is 4.79 Å². The Bertz CT molecular complexity index is 1340. The number of nitrogens with zero attached hydrogens (tertiary/aromatic N) is 2. The van der Waals surface area contributed by atoms with Crippen LogP contribution in [-0.2, 0) is 19.4 Å². The van der Waals surface area contributed by atoms with Crippen LogP contribution in [0, 0.1) is 11.6 Å².